The van der Waals surface area contributed by atoms with Gasteiger partial charge in [0, 0.05) is 0 Å². The number of aliphatic carboxylic acids is 1. The Morgan fingerprint density at radius 2 is 1.89 bits per heavy atom. The predicted molar refractivity (Wildman–Crippen MR) is 33.3 cm³/mol. The fourth-order valence-electron chi connectivity index (χ4n) is 0.562. The molecule has 0 radical (unpaired) electrons. The molecule has 0 amide bonds. The van der Waals surface area contributed by atoms with E-state index in [2.05, 4.69) is 0 Å². The standard InChI is InChI=1S/C6H10O3/c1-3-5(4(2)7)6(8)9/h7H,3H2,1-2H3,(H,8,9)/b5-4-. The van der Waals surface area contributed by atoms with Crippen LogP contribution in [0.4, 0.5) is 0 Å². The van der Waals surface area contributed by atoms with Crippen molar-refractivity contribution in [2.75, 3.05) is 0 Å². The maximum absolute atomic E-state index is 10.2. The van der Waals surface area contributed by atoms with Gasteiger partial charge in [-0.1, -0.05) is 6.92 Å². The second-order valence-corrected chi connectivity index (χ2v) is 1.72. The number of aliphatic hydroxyl groups excluding tert-OH is 1. The Balaban J connectivity index is 4.35. The van der Waals surface area contributed by atoms with Crippen LogP contribution in [-0.2, 0) is 4.79 Å². The van der Waals surface area contributed by atoms with E-state index in [-0.39, 0.29) is 11.3 Å². The molecule has 0 fully saturated rings. The first-order valence-electron chi connectivity index (χ1n) is 2.71. The van der Waals surface area contributed by atoms with E-state index in [1.165, 1.54) is 6.92 Å². The fraction of sp³-hybridized carbons (Fsp3) is 0.500. The van der Waals surface area contributed by atoms with Crippen molar-refractivity contribution in [2.45, 2.75) is 20.3 Å². The van der Waals surface area contributed by atoms with Crippen molar-refractivity contribution in [2.24, 2.45) is 0 Å². The van der Waals surface area contributed by atoms with Crippen molar-refractivity contribution in [3.8, 4) is 0 Å². The van der Waals surface area contributed by atoms with E-state index in [4.69, 9.17) is 10.2 Å². The summed E-state index contributed by atoms with van der Waals surface area (Å²) in [4.78, 5) is 10.2. The number of carboxylic acid groups (broad SMARTS) is 1. The summed E-state index contributed by atoms with van der Waals surface area (Å²) in [6, 6.07) is 0. The molecule has 0 rings (SSSR count). The molecule has 9 heavy (non-hydrogen) atoms. The first-order chi connectivity index (χ1) is 4.09. The molecule has 0 bridgehead atoms. The maximum Gasteiger partial charge on any atom is 0.334 e. The Bertz CT molecular complexity index is 142. The second-order valence-electron chi connectivity index (χ2n) is 1.72. The van der Waals surface area contributed by atoms with Crippen LogP contribution < -0.4 is 0 Å². The lowest BCUT2D eigenvalue weighted by molar-refractivity contribution is -0.133. The van der Waals surface area contributed by atoms with E-state index in [1.54, 1.807) is 6.92 Å². The van der Waals surface area contributed by atoms with Crippen LogP contribution in [0.2, 0.25) is 0 Å². The van der Waals surface area contributed by atoms with Crippen LogP contribution in [0.15, 0.2) is 11.3 Å². The minimum absolute atomic E-state index is 0.0787. The molecular formula is C6H10O3. The molecule has 0 heterocycles. The molecule has 0 aromatic heterocycles. The summed E-state index contributed by atoms with van der Waals surface area (Å²) < 4.78 is 0. The predicted octanol–water partition coefficient (Wildman–Crippen LogP) is 1.31. The van der Waals surface area contributed by atoms with Crippen LogP contribution in [0.3, 0.4) is 0 Å². The highest BCUT2D eigenvalue weighted by molar-refractivity contribution is 5.86. The third-order valence-electron chi connectivity index (χ3n) is 1.05. The summed E-state index contributed by atoms with van der Waals surface area (Å²) in [6.07, 6.45) is 0.359. The van der Waals surface area contributed by atoms with Crippen LogP contribution in [0, 0.1) is 0 Å². The molecule has 0 aliphatic carbocycles. The minimum Gasteiger partial charge on any atom is -0.512 e. The summed E-state index contributed by atoms with van der Waals surface area (Å²) in [5.74, 6) is -1.15. The average molecular weight is 130 g/mol. The number of aliphatic hydroxyl groups is 1. The third-order valence-corrected chi connectivity index (χ3v) is 1.05. The Labute approximate surface area is 53.6 Å². The summed E-state index contributed by atoms with van der Waals surface area (Å²) in [5, 5.41) is 17.0. The van der Waals surface area contributed by atoms with Crippen molar-refractivity contribution in [3.63, 3.8) is 0 Å². The van der Waals surface area contributed by atoms with Crippen LogP contribution in [0.5, 0.6) is 0 Å². The smallest absolute Gasteiger partial charge is 0.334 e. The molecule has 0 aromatic carbocycles. The van der Waals surface area contributed by atoms with Crippen molar-refractivity contribution < 1.29 is 15.0 Å². The van der Waals surface area contributed by atoms with Gasteiger partial charge in [0.1, 0.15) is 0 Å². The first-order valence-corrected chi connectivity index (χ1v) is 2.71. The van der Waals surface area contributed by atoms with Gasteiger partial charge in [0.25, 0.3) is 0 Å². The number of rotatable bonds is 2. The molecule has 0 unspecified atom stereocenters. The van der Waals surface area contributed by atoms with E-state index < -0.39 is 5.97 Å². The number of carboxylic acids is 1. The lowest BCUT2D eigenvalue weighted by Crippen LogP contribution is -2.01. The summed E-state index contributed by atoms with van der Waals surface area (Å²) in [6.45, 7) is 3.05. The highest BCUT2D eigenvalue weighted by Gasteiger charge is 2.06. The second kappa shape index (κ2) is 3.12. The van der Waals surface area contributed by atoms with Crippen LogP contribution >= 0.6 is 0 Å². The SMILES string of the molecule is CC/C(C(=O)O)=C(\C)O. The molecular weight excluding hydrogens is 120 g/mol. The summed E-state index contributed by atoms with van der Waals surface area (Å²) >= 11 is 0. The van der Waals surface area contributed by atoms with Gasteiger partial charge in [-0.25, -0.2) is 4.79 Å². The van der Waals surface area contributed by atoms with Crippen LogP contribution in [-0.4, -0.2) is 16.2 Å². The molecule has 0 saturated heterocycles. The van der Waals surface area contributed by atoms with E-state index in [1.807, 2.05) is 0 Å². The lowest BCUT2D eigenvalue weighted by Gasteiger charge is -1.96. The van der Waals surface area contributed by atoms with E-state index in [0.29, 0.717) is 6.42 Å². The van der Waals surface area contributed by atoms with Gasteiger partial charge in [-0.2, -0.15) is 0 Å². The molecule has 2 N–H and O–H groups in total. The number of hydrogen-bond donors (Lipinski definition) is 2. The van der Waals surface area contributed by atoms with E-state index in [9.17, 15) is 4.79 Å². The topological polar surface area (TPSA) is 57.5 Å². The van der Waals surface area contributed by atoms with Crippen molar-refractivity contribution in [1.29, 1.82) is 0 Å². The molecule has 3 nitrogen and oxygen atoms in total. The number of hydrogen-bond acceptors (Lipinski definition) is 2. The fourth-order valence-corrected chi connectivity index (χ4v) is 0.562. The monoisotopic (exact) mass is 130 g/mol. The molecule has 3 heteroatoms. The highest BCUT2D eigenvalue weighted by Crippen LogP contribution is 2.04. The molecule has 52 valence electrons. The van der Waals surface area contributed by atoms with E-state index >= 15 is 0 Å². The quantitative estimate of drug-likeness (QED) is 0.437. The molecule has 0 aliphatic heterocycles. The molecule has 0 aliphatic rings. The van der Waals surface area contributed by atoms with Gasteiger partial charge < -0.3 is 10.2 Å². The zero-order valence-corrected chi connectivity index (χ0v) is 5.51. The van der Waals surface area contributed by atoms with Gasteiger partial charge in [0.05, 0.1) is 11.3 Å². The van der Waals surface area contributed by atoms with Crippen molar-refractivity contribution >= 4 is 5.97 Å². The number of allylic oxidation sites excluding steroid dienone is 1. The highest BCUT2D eigenvalue weighted by atomic mass is 16.4. The van der Waals surface area contributed by atoms with Gasteiger partial charge in [0.15, 0.2) is 0 Å². The Kier molecular flexibility index (Phi) is 2.78. The largest absolute Gasteiger partial charge is 0.512 e. The summed E-state index contributed by atoms with van der Waals surface area (Å²) in [7, 11) is 0. The Morgan fingerprint density at radius 1 is 1.44 bits per heavy atom. The normalized spacial score (nSPS) is 12.7. The van der Waals surface area contributed by atoms with Crippen LogP contribution in [0.1, 0.15) is 20.3 Å². The zero-order chi connectivity index (χ0) is 7.44. The van der Waals surface area contributed by atoms with E-state index in [0.717, 1.165) is 0 Å². The van der Waals surface area contributed by atoms with Gasteiger partial charge >= 0.3 is 5.97 Å². The zero-order valence-electron chi connectivity index (χ0n) is 5.51. The maximum atomic E-state index is 10.2. The minimum atomic E-state index is -1.04. The molecule has 0 atom stereocenters. The van der Waals surface area contributed by atoms with Gasteiger partial charge in [-0.05, 0) is 13.3 Å². The number of carbonyl (C=O) groups is 1. The molecule has 0 saturated carbocycles. The molecule has 0 aromatic rings. The Hall–Kier alpha value is -0.990. The first kappa shape index (κ1) is 8.01. The Morgan fingerprint density at radius 3 is 1.89 bits per heavy atom. The molecule has 0 spiro atoms. The van der Waals surface area contributed by atoms with Gasteiger partial charge in [-0.15, -0.1) is 0 Å². The van der Waals surface area contributed by atoms with Crippen molar-refractivity contribution in [3.05, 3.63) is 11.3 Å². The van der Waals surface area contributed by atoms with Crippen molar-refractivity contribution in [1.82, 2.24) is 0 Å². The summed E-state index contributed by atoms with van der Waals surface area (Å²) in [5.41, 5.74) is 0.0787. The third kappa shape index (κ3) is 2.17. The lowest BCUT2D eigenvalue weighted by atomic mass is 10.2. The average Bonchev–Trinajstić information content (AvgIpc) is 1.64. The van der Waals surface area contributed by atoms with Gasteiger partial charge in [-0.3, -0.25) is 0 Å². The van der Waals surface area contributed by atoms with Gasteiger partial charge in [0.2, 0.25) is 0 Å². The van der Waals surface area contributed by atoms with Crippen LogP contribution in [0.25, 0.3) is 0 Å².